The van der Waals surface area contributed by atoms with Crippen molar-refractivity contribution in [1.29, 1.82) is 0 Å². The molecule has 1 amide bonds. The van der Waals surface area contributed by atoms with Crippen molar-refractivity contribution in [3.63, 3.8) is 0 Å². The number of hydrogen-bond acceptors (Lipinski definition) is 4. The molecule has 108 valence electrons. The van der Waals surface area contributed by atoms with Gasteiger partial charge in [0.2, 0.25) is 0 Å². The highest BCUT2D eigenvalue weighted by molar-refractivity contribution is 6.04. The van der Waals surface area contributed by atoms with E-state index in [1.165, 1.54) is 31.5 Å². The minimum absolute atomic E-state index is 0.0320. The fraction of sp³-hybridized carbons (Fsp3) is 0.133. The third-order valence-electron chi connectivity index (χ3n) is 2.91. The standard InChI is InChI=1S/C15H14N2O4/c1-9-4-3-7-16-13(9)14(18)17-10-5-6-11(15(19)20)12(8-10)21-2/h3-8H,1-2H3,(H,17,18)(H,19,20). The highest BCUT2D eigenvalue weighted by Crippen LogP contribution is 2.23. The zero-order valence-electron chi connectivity index (χ0n) is 11.6. The Labute approximate surface area is 121 Å². The Morgan fingerprint density at radius 3 is 2.67 bits per heavy atom. The first-order valence-corrected chi connectivity index (χ1v) is 6.17. The number of benzene rings is 1. The first kappa shape index (κ1) is 14.5. The summed E-state index contributed by atoms with van der Waals surface area (Å²) in [6.07, 6.45) is 1.54. The third kappa shape index (κ3) is 3.17. The number of anilines is 1. The zero-order valence-corrected chi connectivity index (χ0v) is 11.6. The maximum atomic E-state index is 12.1. The molecule has 2 N–H and O–H groups in total. The second-order valence-corrected chi connectivity index (χ2v) is 4.34. The Balaban J connectivity index is 2.26. The van der Waals surface area contributed by atoms with E-state index < -0.39 is 5.97 Å². The van der Waals surface area contributed by atoms with Crippen LogP contribution >= 0.6 is 0 Å². The molecule has 0 saturated heterocycles. The molecule has 1 heterocycles. The Morgan fingerprint density at radius 2 is 2.05 bits per heavy atom. The number of nitrogens with zero attached hydrogens (tertiary/aromatic N) is 1. The molecule has 0 aliphatic carbocycles. The van der Waals surface area contributed by atoms with E-state index in [0.717, 1.165) is 5.56 Å². The predicted octanol–water partition coefficient (Wildman–Crippen LogP) is 2.35. The van der Waals surface area contributed by atoms with E-state index in [-0.39, 0.29) is 17.2 Å². The van der Waals surface area contributed by atoms with Crippen LogP contribution in [-0.4, -0.2) is 29.1 Å². The van der Waals surface area contributed by atoms with Gasteiger partial charge >= 0.3 is 5.97 Å². The van der Waals surface area contributed by atoms with E-state index in [1.807, 2.05) is 0 Å². The summed E-state index contributed by atoms with van der Waals surface area (Å²) in [6.45, 7) is 1.79. The first-order valence-electron chi connectivity index (χ1n) is 6.17. The Hall–Kier alpha value is -2.89. The number of rotatable bonds is 4. The number of aromatic carboxylic acids is 1. The second kappa shape index (κ2) is 6.04. The van der Waals surface area contributed by atoms with Gasteiger partial charge in [0.05, 0.1) is 7.11 Å². The van der Waals surface area contributed by atoms with Crippen LogP contribution in [0.15, 0.2) is 36.5 Å². The van der Waals surface area contributed by atoms with E-state index >= 15 is 0 Å². The van der Waals surface area contributed by atoms with Crippen LogP contribution in [0.3, 0.4) is 0 Å². The number of ether oxygens (including phenoxy) is 1. The van der Waals surface area contributed by atoms with Crippen LogP contribution in [0.2, 0.25) is 0 Å². The average molecular weight is 286 g/mol. The van der Waals surface area contributed by atoms with Crippen LogP contribution in [-0.2, 0) is 0 Å². The number of aryl methyl sites for hydroxylation is 1. The van der Waals surface area contributed by atoms with Gasteiger partial charge in [0.15, 0.2) is 0 Å². The lowest BCUT2D eigenvalue weighted by Crippen LogP contribution is -2.15. The van der Waals surface area contributed by atoms with Gasteiger partial charge in [-0.05, 0) is 30.7 Å². The monoisotopic (exact) mass is 286 g/mol. The molecule has 0 unspecified atom stereocenters. The molecule has 6 nitrogen and oxygen atoms in total. The Morgan fingerprint density at radius 1 is 1.29 bits per heavy atom. The van der Waals surface area contributed by atoms with E-state index in [9.17, 15) is 9.59 Å². The molecule has 2 rings (SSSR count). The summed E-state index contributed by atoms with van der Waals surface area (Å²) < 4.78 is 5.01. The second-order valence-electron chi connectivity index (χ2n) is 4.34. The molecule has 1 aromatic carbocycles. The molecule has 0 spiro atoms. The van der Waals surface area contributed by atoms with Crippen LogP contribution < -0.4 is 10.1 Å². The number of methoxy groups -OCH3 is 1. The summed E-state index contributed by atoms with van der Waals surface area (Å²) in [5.74, 6) is -1.28. The number of carbonyl (C=O) groups is 2. The maximum absolute atomic E-state index is 12.1. The van der Waals surface area contributed by atoms with Crippen molar-refractivity contribution in [2.24, 2.45) is 0 Å². The fourth-order valence-corrected chi connectivity index (χ4v) is 1.86. The van der Waals surface area contributed by atoms with Crippen molar-refractivity contribution in [3.8, 4) is 5.75 Å². The number of pyridine rings is 1. The average Bonchev–Trinajstić information content (AvgIpc) is 2.47. The predicted molar refractivity (Wildman–Crippen MR) is 76.9 cm³/mol. The molecular weight excluding hydrogens is 272 g/mol. The molecule has 2 aromatic rings. The number of aromatic nitrogens is 1. The van der Waals surface area contributed by atoms with Crippen LogP contribution in [0.1, 0.15) is 26.4 Å². The summed E-state index contributed by atoms with van der Waals surface area (Å²) in [7, 11) is 1.37. The molecule has 0 aliphatic heterocycles. The normalized spacial score (nSPS) is 10.0. The topological polar surface area (TPSA) is 88.5 Å². The van der Waals surface area contributed by atoms with Gasteiger partial charge in [-0.25, -0.2) is 4.79 Å². The summed E-state index contributed by atoms with van der Waals surface area (Å²) in [4.78, 5) is 27.2. The van der Waals surface area contributed by atoms with Crippen molar-refractivity contribution in [2.75, 3.05) is 12.4 Å². The van der Waals surface area contributed by atoms with E-state index in [2.05, 4.69) is 10.3 Å². The molecule has 0 fully saturated rings. The highest BCUT2D eigenvalue weighted by Gasteiger charge is 2.14. The van der Waals surface area contributed by atoms with Crippen LogP contribution in [0.5, 0.6) is 5.75 Å². The molecular formula is C15H14N2O4. The molecule has 6 heteroatoms. The number of hydrogen-bond donors (Lipinski definition) is 2. The number of carboxylic acids is 1. The van der Waals surface area contributed by atoms with Crippen LogP contribution in [0, 0.1) is 6.92 Å². The minimum Gasteiger partial charge on any atom is -0.496 e. The van der Waals surface area contributed by atoms with Gasteiger partial charge in [-0.2, -0.15) is 0 Å². The van der Waals surface area contributed by atoms with E-state index in [1.54, 1.807) is 19.1 Å². The molecule has 0 atom stereocenters. The third-order valence-corrected chi connectivity index (χ3v) is 2.91. The zero-order chi connectivity index (χ0) is 15.4. The molecule has 0 saturated carbocycles. The van der Waals surface area contributed by atoms with E-state index in [0.29, 0.717) is 11.4 Å². The quantitative estimate of drug-likeness (QED) is 0.900. The van der Waals surface area contributed by atoms with Crippen molar-refractivity contribution in [2.45, 2.75) is 6.92 Å². The van der Waals surface area contributed by atoms with Crippen molar-refractivity contribution >= 4 is 17.6 Å². The van der Waals surface area contributed by atoms with Crippen LogP contribution in [0.25, 0.3) is 0 Å². The van der Waals surface area contributed by atoms with Gasteiger partial charge in [-0.1, -0.05) is 6.07 Å². The first-order chi connectivity index (χ1) is 10.0. The number of nitrogens with one attached hydrogen (secondary N) is 1. The van der Waals surface area contributed by atoms with Crippen LogP contribution in [0.4, 0.5) is 5.69 Å². The SMILES string of the molecule is COc1cc(NC(=O)c2ncccc2C)ccc1C(=O)O. The van der Waals surface area contributed by atoms with Crippen molar-refractivity contribution < 1.29 is 19.4 Å². The van der Waals surface area contributed by atoms with Gasteiger partial charge in [0.25, 0.3) is 5.91 Å². The van der Waals surface area contributed by atoms with Gasteiger partial charge < -0.3 is 15.2 Å². The molecule has 0 radical (unpaired) electrons. The largest absolute Gasteiger partial charge is 0.496 e. The van der Waals surface area contributed by atoms with E-state index in [4.69, 9.17) is 9.84 Å². The highest BCUT2D eigenvalue weighted by atomic mass is 16.5. The summed E-state index contributed by atoms with van der Waals surface area (Å²) in [5.41, 5.74) is 1.54. The number of amides is 1. The summed E-state index contributed by atoms with van der Waals surface area (Å²) in [6, 6.07) is 7.87. The lowest BCUT2D eigenvalue weighted by Gasteiger charge is -2.10. The lowest BCUT2D eigenvalue weighted by molar-refractivity contribution is 0.0693. The van der Waals surface area contributed by atoms with Gasteiger partial charge in [0.1, 0.15) is 17.0 Å². The number of carboxylic acid groups (broad SMARTS) is 1. The molecule has 21 heavy (non-hydrogen) atoms. The van der Waals surface area contributed by atoms with Crippen molar-refractivity contribution in [1.82, 2.24) is 4.98 Å². The fourth-order valence-electron chi connectivity index (χ4n) is 1.86. The smallest absolute Gasteiger partial charge is 0.339 e. The minimum atomic E-state index is -1.09. The van der Waals surface area contributed by atoms with Gasteiger partial charge in [0, 0.05) is 18.0 Å². The lowest BCUT2D eigenvalue weighted by atomic mass is 10.1. The van der Waals surface area contributed by atoms with Gasteiger partial charge in [-0.15, -0.1) is 0 Å². The summed E-state index contributed by atoms with van der Waals surface area (Å²) >= 11 is 0. The summed E-state index contributed by atoms with van der Waals surface area (Å²) in [5, 5.41) is 11.7. The Kier molecular flexibility index (Phi) is 4.18. The number of carbonyl (C=O) groups excluding carboxylic acids is 1. The molecule has 0 bridgehead atoms. The maximum Gasteiger partial charge on any atom is 0.339 e. The van der Waals surface area contributed by atoms with Gasteiger partial charge in [-0.3, -0.25) is 9.78 Å². The molecule has 1 aromatic heterocycles. The molecule has 0 aliphatic rings. The van der Waals surface area contributed by atoms with Crippen molar-refractivity contribution in [3.05, 3.63) is 53.3 Å². The Bertz CT molecular complexity index is 698.